The molecule has 0 radical (unpaired) electrons. The first-order chi connectivity index (χ1) is 16.0. The number of likely N-dealkylation sites (tertiary alicyclic amines) is 1. The average Bonchev–Trinajstić information content (AvgIpc) is 3.09. The van der Waals surface area contributed by atoms with Crippen molar-refractivity contribution in [2.24, 2.45) is 0 Å². The van der Waals surface area contributed by atoms with E-state index < -0.39 is 23.5 Å². The molecule has 0 saturated carbocycles. The highest BCUT2D eigenvalue weighted by Gasteiger charge is 2.46. The Hall–Kier alpha value is -4.00. The maximum Gasteiger partial charge on any atom is 0.295 e. The molecule has 0 spiro atoms. The fourth-order valence-electron chi connectivity index (χ4n) is 3.82. The van der Waals surface area contributed by atoms with Crippen molar-refractivity contribution in [2.75, 3.05) is 6.61 Å². The zero-order chi connectivity index (χ0) is 23.4. The summed E-state index contributed by atoms with van der Waals surface area (Å²) in [5.74, 6) is -1.66. The van der Waals surface area contributed by atoms with Crippen LogP contribution < -0.4 is 4.74 Å². The van der Waals surface area contributed by atoms with Gasteiger partial charge in [0.05, 0.1) is 18.2 Å². The van der Waals surface area contributed by atoms with Gasteiger partial charge in [-0.25, -0.2) is 4.39 Å². The zero-order valence-electron chi connectivity index (χ0n) is 18.1. The number of carbonyl (C=O) groups excluding carboxylic acids is 2. The van der Waals surface area contributed by atoms with E-state index >= 15 is 0 Å². The fraction of sp³-hybridized carbons (Fsp3) is 0.192. The Balaban J connectivity index is 1.79. The molecular weight excluding hydrogens is 423 g/mol. The molecule has 7 heteroatoms. The fourth-order valence-corrected chi connectivity index (χ4v) is 3.82. The molecule has 33 heavy (non-hydrogen) atoms. The maximum atomic E-state index is 13.4. The number of halogens is 1. The Morgan fingerprint density at radius 2 is 1.91 bits per heavy atom. The molecule has 2 aromatic carbocycles. The molecule has 2 heterocycles. The molecule has 1 aromatic heterocycles. The summed E-state index contributed by atoms with van der Waals surface area (Å²) in [5, 5.41) is 11.2. The van der Waals surface area contributed by atoms with E-state index in [1.165, 1.54) is 17.0 Å². The van der Waals surface area contributed by atoms with Crippen LogP contribution in [0, 0.1) is 5.82 Å². The van der Waals surface area contributed by atoms with E-state index in [2.05, 4.69) is 4.98 Å². The van der Waals surface area contributed by atoms with Crippen molar-refractivity contribution in [1.82, 2.24) is 9.88 Å². The summed E-state index contributed by atoms with van der Waals surface area (Å²) in [6, 6.07) is 15.1. The Morgan fingerprint density at radius 3 is 2.61 bits per heavy atom. The summed E-state index contributed by atoms with van der Waals surface area (Å²) in [4.78, 5) is 31.6. The molecule has 1 aliphatic rings. The SMILES string of the molecule is CCCOc1cccc(/C(O)=C2/C(=O)C(=O)N(Cc3ccc(F)cc3)C2c2cccnc2)c1. The largest absolute Gasteiger partial charge is 0.507 e. The van der Waals surface area contributed by atoms with Gasteiger partial charge < -0.3 is 14.7 Å². The number of amides is 1. The second-order valence-electron chi connectivity index (χ2n) is 7.72. The number of aliphatic hydroxyl groups excluding tert-OH is 1. The number of ether oxygens (including phenoxy) is 1. The van der Waals surface area contributed by atoms with Crippen molar-refractivity contribution >= 4 is 17.4 Å². The standard InChI is InChI=1S/C26H23FN2O4/c1-2-13-33-21-7-3-5-18(14-21)24(30)22-23(19-6-4-12-28-15-19)29(26(32)25(22)31)16-17-8-10-20(27)11-9-17/h3-12,14-15,23,30H,2,13,16H2,1H3/b24-22-. The molecule has 0 bridgehead atoms. The van der Waals surface area contributed by atoms with Crippen LogP contribution in [0.15, 0.2) is 78.6 Å². The first kappa shape index (κ1) is 22.2. The van der Waals surface area contributed by atoms with Gasteiger partial charge in [0.1, 0.15) is 17.3 Å². The number of hydrogen-bond acceptors (Lipinski definition) is 5. The summed E-state index contributed by atoms with van der Waals surface area (Å²) in [6.07, 6.45) is 3.97. The number of rotatable bonds is 7. The normalized spacial score (nSPS) is 17.4. The average molecular weight is 446 g/mol. The molecule has 6 nitrogen and oxygen atoms in total. The van der Waals surface area contributed by atoms with E-state index in [4.69, 9.17) is 4.74 Å². The van der Waals surface area contributed by atoms with E-state index in [1.807, 2.05) is 6.92 Å². The lowest BCUT2D eigenvalue weighted by atomic mass is 9.96. The number of pyridine rings is 1. The predicted octanol–water partition coefficient (Wildman–Crippen LogP) is 4.63. The van der Waals surface area contributed by atoms with Gasteiger partial charge in [0, 0.05) is 24.5 Å². The second kappa shape index (κ2) is 9.65. The van der Waals surface area contributed by atoms with Crippen LogP contribution in [0.1, 0.15) is 36.1 Å². The predicted molar refractivity (Wildman–Crippen MR) is 121 cm³/mol. The van der Waals surface area contributed by atoms with E-state index in [0.29, 0.717) is 29.0 Å². The van der Waals surface area contributed by atoms with Crippen molar-refractivity contribution in [1.29, 1.82) is 0 Å². The number of nitrogens with zero attached hydrogens (tertiary/aromatic N) is 2. The molecule has 1 saturated heterocycles. The lowest BCUT2D eigenvalue weighted by molar-refractivity contribution is -0.140. The lowest BCUT2D eigenvalue weighted by Gasteiger charge is -2.25. The van der Waals surface area contributed by atoms with Crippen LogP contribution in [0.3, 0.4) is 0 Å². The van der Waals surface area contributed by atoms with Gasteiger partial charge >= 0.3 is 0 Å². The summed E-state index contributed by atoms with van der Waals surface area (Å²) in [6.45, 7) is 2.57. The minimum Gasteiger partial charge on any atom is -0.507 e. The van der Waals surface area contributed by atoms with E-state index in [-0.39, 0.29) is 17.9 Å². The topological polar surface area (TPSA) is 79.7 Å². The Morgan fingerprint density at radius 1 is 1.12 bits per heavy atom. The van der Waals surface area contributed by atoms with Gasteiger partial charge in [0.25, 0.3) is 11.7 Å². The molecule has 1 unspecified atom stereocenters. The lowest BCUT2D eigenvalue weighted by Crippen LogP contribution is -2.29. The van der Waals surface area contributed by atoms with Gasteiger partial charge in [0.15, 0.2) is 0 Å². The number of Topliss-reactive ketones (excluding diaryl/α,β-unsaturated/α-hetero) is 1. The molecule has 0 aliphatic carbocycles. The third-order valence-corrected chi connectivity index (χ3v) is 5.39. The summed E-state index contributed by atoms with van der Waals surface area (Å²) >= 11 is 0. The summed E-state index contributed by atoms with van der Waals surface area (Å²) < 4.78 is 19.0. The van der Waals surface area contributed by atoms with Crippen molar-refractivity contribution in [3.8, 4) is 5.75 Å². The monoisotopic (exact) mass is 446 g/mol. The van der Waals surface area contributed by atoms with Crippen molar-refractivity contribution in [3.05, 3.63) is 101 Å². The number of ketones is 1. The third kappa shape index (κ3) is 4.62. The zero-order valence-corrected chi connectivity index (χ0v) is 18.1. The molecule has 1 aliphatic heterocycles. The quantitative estimate of drug-likeness (QED) is 0.325. The summed E-state index contributed by atoms with van der Waals surface area (Å²) in [5.41, 5.74) is 1.58. The Labute approximate surface area is 191 Å². The van der Waals surface area contributed by atoms with Gasteiger partial charge in [-0.1, -0.05) is 37.3 Å². The van der Waals surface area contributed by atoms with Crippen LogP contribution in [-0.2, 0) is 16.1 Å². The van der Waals surface area contributed by atoms with E-state index in [1.54, 1.807) is 60.9 Å². The Kier molecular flexibility index (Phi) is 6.49. The molecule has 1 amide bonds. The van der Waals surface area contributed by atoms with Crippen LogP contribution in [0.2, 0.25) is 0 Å². The van der Waals surface area contributed by atoms with Gasteiger partial charge in [-0.15, -0.1) is 0 Å². The van der Waals surface area contributed by atoms with Crippen LogP contribution in [0.25, 0.3) is 5.76 Å². The number of carbonyl (C=O) groups is 2. The molecule has 1 N–H and O–H groups in total. The van der Waals surface area contributed by atoms with Gasteiger partial charge in [-0.2, -0.15) is 0 Å². The van der Waals surface area contributed by atoms with Gasteiger partial charge in [-0.3, -0.25) is 14.6 Å². The smallest absolute Gasteiger partial charge is 0.295 e. The molecule has 1 fully saturated rings. The third-order valence-electron chi connectivity index (χ3n) is 5.39. The number of benzene rings is 2. The van der Waals surface area contributed by atoms with Crippen LogP contribution >= 0.6 is 0 Å². The minimum absolute atomic E-state index is 0.0252. The van der Waals surface area contributed by atoms with Crippen LogP contribution in [-0.4, -0.2) is 33.3 Å². The van der Waals surface area contributed by atoms with E-state index in [9.17, 15) is 19.1 Å². The highest BCUT2D eigenvalue weighted by molar-refractivity contribution is 6.46. The number of aromatic nitrogens is 1. The van der Waals surface area contributed by atoms with Gasteiger partial charge in [0.2, 0.25) is 0 Å². The summed E-state index contributed by atoms with van der Waals surface area (Å²) in [7, 11) is 0. The van der Waals surface area contributed by atoms with Gasteiger partial charge in [-0.05, 0) is 47.9 Å². The Bertz CT molecular complexity index is 1190. The first-order valence-electron chi connectivity index (χ1n) is 10.7. The first-order valence-corrected chi connectivity index (χ1v) is 10.7. The minimum atomic E-state index is -0.844. The molecule has 1 atom stereocenters. The molecular formula is C26H23FN2O4. The van der Waals surface area contributed by atoms with Crippen molar-refractivity contribution < 1.29 is 23.8 Å². The second-order valence-corrected chi connectivity index (χ2v) is 7.72. The highest BCUT2D eigenvalue weighted by atomic mass is 19.1. The number of hydrogen-bond donors (Lipinski definition) is 1. The van der Waals surface area contributed by atoms with Crippen molar-refractivity contribution in [3.63, 3.8) is 0 Å². The molecule has 3 aromatic rings. The molecule has 168 valence electrons. The maximum absolute atomic E-state index is 13.4. The van der Waals surface area contributed by atoms with Crippen molar-refractivity contribution in [2.45, 2.75) is 25.9 Å². The molecule has 4 rings (SSSR count). The van der Waals surface area contributed by atoms with Crippen LogP contribution in [0.4, 0.5) is 4.39 Å². The van der Waals surface area contributed by atoms with Crippen LogP contribution in [0.5, 0.6) is 5.75 Å². The highest BCUT2D eigenvalue weighted by Crippen LogP contribution is 2.40. The van der Waals surface area contributed by atoms with E-state index in [0.717, 1.165) is 6.42 Å². The number of aliphatic hydroxyl groups is 1.